The smallest absolute Gasteiger partial charge is 0.252 e. The number of carbonyl (C=O) groups is 1. The van der Waals surface area contributed by atoms with Gasteiger partial charge >= 0.3 is 0 Å². The fourth-order valence-electron chi connectivity index (χ4n) is 2.23. The summed E-state index contributed by atoms with van der Waals surface area (Å²) in [5.41, 5.74) is 3.46. The molecule has 18 heavy (non-hydrogen) atoms. The minimum Gasteiger partial charge on any atom is -0.348 e. The topological polar surface area (TPSA) is 29.1 Å². The predicted octanol–water partition coefficient (Wildman–Crippen LogP) is 3.90. The molecule has 1 aliphatic heterocycles. The summed E-state index contributed by atoms with van der Waals surface area (Å²) in [6.45, 7) is 0.580. The normalized spacial score (nSPS) is 13.3. The summed E-state index contributed by atoms with van der Waals surface area (Å²) in [5, 5.41) is 3.95. The molecule has 0 unspecified atom stereocenters. The number of hydrogen-bond donors (Lipinski definition) is 1. The van der Waals surface area contributed by atoms with E-state index in [0.717, 1.165) is 22.3 Å². The number of nitrogens with one attached hydrogen (secondary N) is 1. The van der Waals surface area contributed by atoms with Gasteiger partial charge in [0.05, 0.1) is 5.56 Å². The van der Waals surface area contributed by atoms with E-state index in [-0.39, 0.29) is 5.91 Å². The Morgan fingerprint density at radius 2 is 1.78 bits per heavy atom. The average Bonchev–Trinajstić information content (AvgIpc) is 2.70. The van der Waals surface area contributed by atoms with Gasteiger partial charge in [0, 0.05) is 16.6 Å². The number of amides is 1. The summed E-state index contributed by atoms with van der Waals surface area (Å²) in [5.74, 6) is -0.0447. The van der Waals surface area contributed by atoms with Crippen LogP contribution in [0.4, 0.5) is 0 Å². The highest BCUT2D eigenvalue weighted by molar-refractivity contribution is 6.35. The van der Waals surface area contributed by atoms with Crippen LogP contribution < -0.4 is 5.32 Å². The number of halogens is 2. The Morgan fingerprint density at radius 1 is 1.06 bits per heavy atom. The summed E-state index contributed by atoms with van der Waals surface area (Å²) < 4.78 is 0. The van der Waals surface area contributed by atoms with E-state index in [9.17, 15) is 4.79 Å². The Hall–Kier alpha value is -1.51. The first-order valence-electron chi connectivity index (χ1n) is 5.52. The molecule has 0 bridgehead atoms. The lowest BCUT2D eigenvalue weighted by Gasteiger charge is -2.07. The molecule has 1 amide bonds. The Kier molecular flexibility index (Phi) is 2.77. The molecule has 1 N–H and O–H groups in total. The fraction of sp³-hybridized carbons (Fsp3) is 0.0714. The summed E-state index contributed by atoms with van der Waals surface area (Å²) >= 11 is 12.0. The minimum absolute atomic E-state index is 0.0447. The minimum atomic E-state index is -0.0447. The van der Waals surface area contributed by atoms with Crippen molar-refractivity contribution in [2.75, 3.05) is 0 Å². The van der Waals surface area contributed by atoms with Gasteiger partial charge in [-0.05, 0) is 34.9 Å². The Balaban J connectivity index is 2.24. The molecule has 0 aliphatic carbocycles. The lowest BCUT2D eigenvalue weighted by atomic mass is 9.97. The van der Waals surface area contributed by atoms with E-state index in [1.807, 2.05) is 30.3 Å². The molecule has 0 saturated carbocycles. The second-order valence-corrected chi connectivity index (χ2v) is 5.05. The van der Waals surface area contributed by atoms with Crippen molar-refractivity contribution in [3.63, 3.8) is 0 Å². The van der Waals surface area contributed by atoms with Gasteiger partial charge in [-0.3, -0.25) is 4.79 Å². The maximum atomic E-state index is 11.9. The zero-order valence-electron chi connectivity index (χ0n) is 9.34. The van der Waals surface area contributed by atoms with Crippen LogP contribution in [0.15, 0.2) is 36.4 Å². The van der Waals surface area contributed by atoms with Crippen LogP contribution in [-0.4, -0.2) is 5.91 Å². The van der Waals surface area contributed by atoms with E-state index in [1.54, 1.807) is 6.07 Å². The maximum Gasteiger partial charge on any atom is 0.252 e. The molecule has 2 nitrogen and oxygen atoms in total. The molecule has 2 aromatic carbocycles. The molecule has 4 heteroatoms. The lowest BCUT2D eigenvalue weighted by molar-refractivity contribution is 0.0966. The average molecular weight is 278 g/mol. The van der Waals surface area contributed by atoms with Gasteiger partial charge in [-0.15, -0.1) is 0 Å². The second kappa shape index (κ2) is 4.30. The van der Waals surface area contributed by atoms with Crippen LogP contribution in [0.3, 0.4) is 0 Å². The first-order chi connectivity index (χ1) is 8.65. The fourth-order valence-corrected chi connectivity index (χ4v) is 2.76. The van der Waals surface area contributed by atoms with Gasteiger partial charge in [0.15, 0.2) is 0 Å². The van der Waals surface area contributed by atoms with Gasteiger partial charge in [0.25, 0.3) is 5.91 Å². The molecule has 0 atom stereocenters. The molecule has 1 heterocycles. The number of hydrogen-bond acceptors (Lipinski definition) is 1. The van der Waals surface area contributed by atoms with Gasteiger partial charge in [-0.2, -0.15) is 0 Å². The quantitative estimate of drug-likeness (QED) is 0.842. The van der Waals surface area contributed by atoms with Gasteiger partial charge in [-0.25, -0.2) is 0 Å². The molecule has 2 aromatic rings. The van der Waals surface area contributed by atoms with E-state index < -0.39 is 0 Å². The monoisotopic (exact) mass is 277 g/mol. The van der Waals surface area contributed by atoms with Gasteiger partial charge in [0.1, 0.15) is 0 Å². The van der Waals surface area contributed by atoms with E-state index in [4.69, 9.17) is 23.2 Å². The zero-order chi connectivity index (χ0) is 12.7. The highest BCUT2D eigenvalue weighted by atomic mass is 35.5. The van der Waals surface area contributed by atoms with Gasteiger partial charge in [-0.1, -0.05) is 41.4 Å². The SMILES string of the molecule is O=C1NCc2cccc(-c3cc(Cl)cc(Cl)c3)c21. The Morgan fingerprint density at radius 3 is 2.50 bits per heavy atom. The molecular formula is C14H9Cl2NO. The van der Waals surface area contributed by atoms with Crippen LogP contribution in [0.1, 0.15) is 15.9 Å². The van der Waals surface area contributed by atoms with Crippen LogP contribution in [0.5, 0.6) is 0 Å². The number of fused-ring (bicyclic) bond motifs is 1. The van der Waals surface area contributed by atoms with Crippen LogP contribution in [0.2, 0.25) is 10.0 Å². The molecule has 0 saturated heterocycles. The molecule has 0 fully saturated rings. The second-order valence-electron chi connectivity index (χ2n) is 4.18. The highest BCUT2D eigenvalue weighted by Crippen LogP contribution is 2.32. The summed E-state index contributed by atoms with van der Waals surface area (Å²) in [4.78, 5) is 11.9. The van der Waals surface area contributed by atoms with Gasteiger partial charge in [0.2, 0.25) is 0 Å². The standard InChI is InChI=1S/C14H9Cl2NO/c15-10-4-9(5-11(16)6-10)12-3-1-2-8-7-17-14(18)13(8)12/h1-6H,7H2,(H,17,18). The van der Waals surface area contributed by atoms with Crippen LogP contribution >= 0.6 is 23.2 Å². The Bertz CT molecular complexity index is 632. The van der Waals surface area contributed by atoms with E-state index in [1.165, 1.54) is 0 Å². The summed E-state index contributed by atoms with van der Waals surface area (Å²) in [6, 6.07) is 11.1. The third kappa shape index (κ3) is 1.88. The van der Waals surface area contributed by atoms with Crippen molar-refractivity contribution in [2.24, 2.45) is 0 Å². The number of rotatable bonds is 1. The molecule has 90 valence electrons. The first kappa shape index (κ1) is 11.6. The summed E-state index contributed by atoms with van der Waals surface area (Å²) in [7, 11) is 0. The predicted molar refractivity (Wildman–Crippen MR) is 73.1 cm³/mol. The zero-order valence-corrected chi connectivity index (χ0v) is 10.8. The largest absolute Gasteiger partial charge is 0.348 e. The van der Waals surface area contributed by atoms with Crippen LogP contribution in [0, 0.1) is 0 Å². The van der Waals surface area contributed by atoms with Crippen molar-refractivity contribution in [2.45, 2.75) is 6.54 Å². The molecule has 0 spiro atoms. The van der Waals surface area contributed by atoms with E-state index in [0.29, 0.717) is 16.6 Å². The lowest BCUT2D eigenvalue weighted by Crippen LogP contribution is -2.13. The maximum absolute atomic E-state index is 11.9. The highest BCUT2D eigenvalue weighted by Gasteiger charge is 2.22. The molecule has 0 aromatic heterocycles. The Labute approximate surface area is 115 Å². The molecule has 1 aliphatic rings. The third-order valence-electron chi connectivity index (χ3n) is 2.99. The van der Waals surface area contributed by atoms with Gasteiger partial charge < -0.3 is 5.32 Å². The molecule has 3 rings (SSSR count). The molecule has 0 radical (unpaired) electrons. The number of carbonyl (C=O) groups excluding carboxylic acids is 1. The van der Waals surface area contributed by atoms with Crippen molar-refractivity contribution < 1.29 is 4.79 Å². The molecular weight excluding hydrogens is 269 g/mol. The van der Waals surface area contributed by atoms with E-state index >= 15 is 0 Å². The van der Waals surface area contributed by atoms with Crippen LogP contribution in [-0.2, 0) is 6.54 Å². The van der Waals surface area contributed by atoms with Crippen molar-refractivity contribution in [1.29, 1.82) is 0 Å². The van der Waals surface area contributed by atoms with Crippen molar-refractivity contribution in [3.05, 3.63) is 57.6 Å². The third-order valence-corrected chi connectivity index (χ3v) is 3.43. The van der Waals surface area contributed by atoms with Crippen molar-refractivity contribution >= 4 is 29.1 Å². The van der Waals surface area contributed by atoms with Crippen molar-refractivity contribution in [1.82, 2.24) is 5.32 Å². The summed E-state index contributed by atoms with van der Waals surface area (Å²) in [6.07, 6.45) is 0. The van der Waals surface area contributed by atoms with Crippen LogP contribution in [0.25, 0.3) is 11.1 Å². The van der Waals surface area contributed by atoms with E-state index in [2.05, 4.69) is 5.32 Å². The van der Waals surface area contributed by atoms with Crippen molar-refractivity contribution in [3.8, 4) is 11.1 Å². The number of benzene rings is 2. The first-order valence-corrected chi connectivity index (χ1v) is 6.27.